The number of nitrogens with two attached hydrogens (primary N) is 1. The van der Waals surface area contributed by atoms with E-state index >= 15 is 0 Å². The van der Waals surface area contributed by atoms with Crippen molar-refractivity contribution < 1.29 is 4.79 Å². The Labute approximate surface area is 122 Å². The molecular weight excluding hydrogens is 248 g/mol. The van der Waals surface area contributed by atoms with Crippen LogP contribution < -0.4 is 5.73 Å². The van der Waals surface area contributed by atoms with Gasteiger partial charge in [-0.2, -0.15) is 0 Å². The lowest BCUT2D eigenvalue weighted by Crippen LogP contribution is -2.39. The maximum Gasteiger partial charge on any atom is 0.222 e. The third-order valence-corrected chi connectivity index (χ3v) is 4.41. The molecule has 1 aliphatic heterocycles. The molecule has 0 radical (unpaired) electrons. The van der Waals surface area contributed by atoms with Crippen LogP contribution in [-0.4, -0.2) is 23.9 Å². The summed E-state index contributed by atoms with van der Waals surface area (Å²) in [6.07, 6.45) is 3.69. The number of likely N-dealkylation sites (tertiary alicyclic amines) is 1. The van der Waals surface area contributed by atoms with Gasteiger partial charge in [0.05, 0.1) is 0 Å². The van der Waals surface area contributed by atoms with Crippen molar-refractivity contribution in [2.75, 3.05) is 18.8 Å². The van der Waals surface area contributed by atoms with Gasteiger partial charge in [0.25, 0.3) is 0 Å². The fourth-order valence-corrected chi connectivity index (χ4v) is 2.97. The van der Waals surface area contributed by atoms with Crippen LogP contribution in [0.3, 0.4) is 0 Å². The predicted molar refractivity (Wildman–Crippen MR) is 83.3 cm³/mol. The highest BCUT2D eigenvalue weighted by Crippen LogP contribution is 2.24. The van der Waals surface area contributed by atoms with Gasteiger partial charge in [0.2, 0.25) is 5.91 Å². The summed E-state index contributed by atoms with van der Waals surface area (Å²) >= 11 is 0. The monoisotopic (exact) mass is 274 g/mol. The van der Waals surface area contributed by atoms with E-state index in [1.165, 1.54) is 0 Å². The summed E-state index contributed by atoms with van der Waals surface area (Å²) in [5, 5.41) is 0. The number of carbonyl (C=O) groups excluding carboxylic acids is 1. The number of benzene rings is 1. The van der Waals surface area contributed by atoms with Gasteiger partial charge in [-0.1, -0.05) is 26.0 Å². The first-order chi connectivity index (χ1) is 9.56. The molecule has 20 heavy (non-hydrogen) atoms. The molecule has 1 saturated heterocycles. The lowest BCUT2D eigenvalue weighted by molar-refractivity contribution is -0.132. The molecule has 0 atom stereocenters. The molecule has 0 aromatic heterocycles. The fourth-order valence-electron chi connectivity index (χ4n) is 2.97. The first-order valence-electron chi connectivity index (χ1n) is 7.68. The molecule has 110 valence electrons. The van der Waals surface area contributed by atoms with E-state index < -0.39 is 0 Å². The Morgan fingerprint density at radius 2 is 2.05 bits per heavy atom. The van der Waals surface area contributed by atoms with Crippen LogP contribution in [0.1, 0.15) is 38.7 Å². The SMILES string of the molecule is CC(C)C1CCN(C(=O)CCc2cccc(N)c2)CC1. The number of nitrogens with zero attached hydrogens (tertiary/aromatic N) is 1. The average Bonchev–Trinajstić information content (AvgIpc) is 2.45. The summed E-state index contributed by atoms with van der Waals surface area (Å²) in [7, 11) is 0. The van der Waals surface area contributed by atoms with Gasteiger partial charge in [-0.15, -0.1) is 0 Å². The predicted octanol–water partition coefficient (Wildman–Crippen LogP) is 3.10. The molecule has 1 aromatic rings. The van der Waals surface area contributed by atoms with Crippen LogP contribution in [0.4, 0.5) is 5.69 Å². The van der Waals surface area contributed by atoms with Crippen molar-refractivity contribution in [2.45, 2.75) is 39.5 Å². The Bertz CT molecular complexity index is 448. The Hall–Kier alpha value is -1.51. The summed E-state index contributed by atoms with van der Waals surface area (Å²) in [6.45, 7) is 6.42. The second-order valence-electron chi connectivity index (χ2n) is 6.21. The lowest BCUT2D eigenvalue weighted by atomic mass is 9.86. The average molecular weight is 274 g/mol. The van der Waals surface area contributed by atoms with E-state index in [0.717, 1.165) is 55.4 Å². The highest BCUT2D eigenvalue weighted by atomic mass is 16.2. The van der Waals surface area contributed by atoms with Crippen molar-refractivity contribution in [2.24, 2.45) is 11.8 Å². The molecule has 1 heterocycles. The van der Waals surface area contributed by atoms with E-state index in [4.69, 9.17) is 5.73 Å². The number of hydrogen-bond donors (Lipinski definition) is 1. The molecule has 0 bridgehead atoms. The van der Waals surface area contributed by atoms with Gasteiger partial charge in [-0.05, 0) is 48.8 Å². The molecular formula is C17H26N2O. The van der Waals surface area contributed by atoms with Gasteiger partial charge >= 0.3 is 0 Å². The quantitative estimate of drug-likeness (QED) is 0.858. The minimum Gasteiger partial charge on any atom is -0.399 e. The van der Waals surface area contributed by atoms with E-state index in [2.05, 4.69) is 13.8 Å². The standard InChI is InChI=1S/C17H26N2O/c1-13(2)15-8-10-19(11-9-15)17(20)7-6-14-4-3-5-16(18)12-14/h3-5,12-13,15H,6-11,18H2,1-2H3. The van der Waals surface area contributed by atoms with Gasteiger partial charge in [-0.3, -0.25) is 4.79 Å². The molecule has 1 aliphatic rings. The number of carbonyl (C=O) groups is 1. The van der Waals surface area contributed by atoms with Crippen molar-refractivity contribution >= 4 is 11.6 Å². The Balaban J connectivity index is 1.78. The molecule has 0 saturated carbocycles. The number of nitrogen functional groups attached to an aromatic ring is 1. The highest BCUT2D eigenvalue weighted by molar-refractivity contribution is 5.76. The molecule has 3 heteroatoms. The zero-order valence-corrected chi connectivity index (χ0v) is 12.6. The largest absolute Gasteiger partial charge is 0.399 e. The van der Waals surface area contributed by atoms with Crippen molar-refractivity contribution in [1.29, 1.82) is 0 Å². The van der Waals surface area contributed by atoms with Crippen LogP contribution in [0, 0.1) is 11.8 Å². The highest BCUT2D eigenvalue weighted by Gasteiger charge is 2.24. The number of anilines is 1. The van der Waals surface area contributed by atoms with Crippen LogP contribution >= 0.6 is 0 Å². The van der Waals surface area contributed by atoms with Gasteiger partial charge in [0.15, 0.2) is 0 Å². The van der Waals surface area contributed by atoms with Gasteiger partial charge in [0, 0.05) is 25.2 Å². The normalized spacial score (nSPS) is 16.6. The van der Waals surface area contributed by atoms with Crippen molar-refractivity contribution in [3.8, 4) is 0 Å². The summed E-state index contributed by atoms with van der Waals surface area (Å²) in [5.74, 6) is 1.81. The number of amides is 1. The Morgan fingerprint density at radius 1 is 1.35 bits per heavy atom. The lowest BCUT2D eigenvalue weighted by Gasteiger charge is -2.34. The first-order valence-corrected chi connectivity index (χ1v) is 7.68. The molecule has 0 spiro atoms. The second-order valence-corrected chi connectivity index (χ2v) is 6.21. The summed E-state index contributed by atoms with van der Waals surface area (Å²) < 4.78 is 0. The molecule has 2 rings (SSSR count). The summed E-state index contributed by atoms with van der Waals surface area (Å²) in [4.78, 5) is 14.3. The van der Waals surface area contributed by atoms with E-state index in [0.29, 0.717) is 6.42 Å². The minimum atomic E-state index is 0.287. The maximum atomic E-state index is 12.2. The first kappa shape index (κ1) is 14.9. The Morgan fingerprint density at radius 3 is 2.65 bits per heavy atom. The summed E-state index contributed by atoms with van der Waals surface area (Å²) in [5.41, 5.74) is 7.68. The molecule has 1 fully saturated rings. The van der Waals surface area contributed by atoms with E-state index in [1.807, 2.05) is 29.2 Å². The number of hydrogen-bond acceptors (Lipinski definition) is 2. The van der Waals surface area contributed by atoms with Gasteiger partial charge < -0.3 is 10.6 Å². The van der Waals surface area contributed by atoms with Crippen molar-refractivity contribution in [3.05, 3.63) is 29.8 Å². The number of aryl methyl sites for hydroxylation is 1. The smallest absolute Gasteiger partial charge is 0.222 e. The second kappa shape index (κ2) is 6.78. The van der Waals surface area contributed by atoms with E-state index in [9.17, 15) is 4.79 Å². The molecule has 3 nitrogen and oxygen atoms in total. The fraction of sp³-hybridized carbons (Fsp3) is 0.588. The third kappa shape index (κ3) is 3.99. The topological polar surface area (TPSA) is 46.3 Å². The van der Waals surface area contributed by atoms with Crippen LogP contribution in [-0.2, 0) is 11.2 Å². The molecule has 0 aliphatic carbocycles. The minimum absolute atomic E-state index is 0.287. The van der Waals surface area contributed by atoms with Gasteiger partial charge in [0.1, 0.15) is 0 Å². The van der Waals surface area contributed by atoms with E-state index in [-0.39, 0.29) is 5.91 Å². The van der Waals surface area contributed by atoms with E-state index in [1.54, 1.807) is 0 Å². The van der Waals surface area contributed by atoms with Crippen LogP contribution in [0.25, 0.3) is 0 Å². The number of rotatable bonds is 4. The summed E-state index contributed by atoms with van der Waals surface area (Å²) in [6, 6.07) is 7.82. The number of piperidine rings is 1. The third-order valence-electron chi connectivity index (χ3n) is 4.41. The van der Waals surface area contributed by atoms with Crippen LogP contribution in [0.2, 0.25) is 0 Å². The van der Waals surface area contributed by atoms with Crippen molar-refractivity contribution in [3.63, 3.8) is 0 Å². The zero-order valence-electron chi connectivity index (χ0n) is 12.6. The van der Waals surface area contributed by atoms with Crippen molar-refractivity contribution in [1.82, 2.24) is 4.90 Å². The Kier molecular flexibility index (Phi) is 5.05. The van der Waals surface area contributed by atoms with Crippen LogP contribution in [0.15, 0.2) is 24.3 Å². The molecule has 1 aromatic carbocycles. The maximum absolute atomic E-state index is 12.2. The zero-order chi connectivity index (χ0) is 14.5. The molecule has 2 N–H and O–H groups in total. The molecule has 0 unspecified atom stereocenters. The molecule has 1 amide bonds. The van der Waals surface area contributed by atoms with Crippen LogP contribution in [0.5, 0.6) is 0 Å². The van der Waals surface area contributed by atoms with Gasteiger partial charge in [-0.25, -0.2) is 0 Å².